The zero-order valence-electron chi connectivity index (χ0n) is 17.3. The number of para-hydroxylation sites is 1. The second-order valence-corrected chi connectivity index (χ2v) is 7.10. The van der Waals surface area contributed by atoms with E-state index in [0.29, 0.717) is 19.2 Å². The van der Waals surface area contributed by atoms with Crippen molar-refractivity contribution in [3.8, 4) is 5.75 Å². The van der Waals surface area contributed by atoms with E-state index in [-0.39, 0.29) is 24.0 Å². The molecule has 0 amide bonds. The van der Waals surface area contributed by atoms with Crippen LogP contribution in [0.1, 0.15) is 48.7 Å². The Hall–Kier alpha value is -1.77. The van der Waals surface area contributed by atoms with E-state index >= 15 is 0 Å². The lowest BCUT2D eigenvalue weighted by molar-refractivity contribution is 0.119. The number of aliphatic imine (C=N–C) groups is 1. The molecule has 1 aromatic heterocycles. The quantitative estimate of drug-likeness (QED) is 0.347. The minimum absolute atomic E-state index is 0. The summed E-state index contributed by atoms with van der Waals surface area (Å²) in [6.45, 7) is 8.32. The number of guanidine groups is 1. The molecule has 1 saturated carbocycles. The van der Waals surface area contributed by atoms with Crippen molar-refractivity contribution in [3.05, 3.63) is 46.8 Å². The molecule has 2 aromatic rings. The van der Waals surface area contributed by atoms with Crippen LogP contribution in [-0.4, -0.2) is 28.4 Å². The summed E-state index contributed by atoms with van der Waals surface area (Å²) in [6.07, 6.45) is 3.96. The van der Waals surface area contributed by atoms with Crippen LogP contribution >= 0.6 is 24.0 Å². The van der Waals surface area contributed by atoms with Crippen LogP contribution in [0, 0.1) is 13.8 Å². The van der Waals surface area contributed by atoms with Crippen molar-refractivity contribution in [3.63, 3.8) is 0 Å². The molecule has 0 radical (unpaired) electrons. The Bertz CT molecular complexity index is 798. The monoisotopic (exact) mass is 497 g/mol. The summed E-state index contributed by atoms with van der Waals surface area (Å²) in [6, 6.07) is 8.21. The Kier molecular flexibility index (Phi) is 8.59. The van der Waals surface area contributed by atoms with Crippen LogP contribution in [0.15, 0.2) is 29.3 Å². The average Bonchev–Trinajstić information content (AvgIpc) is 2.86. The van der Waals surface area contributed by atoms with Gasteiger partial charge in [0.15, 0.2) is 5.96 Å². The summed E-state index contributed by atoms with van der Waals surface area (Å²) in [7, 11) is 1.98. The van der Waals surface area contributed by atoms with E-state index < -0.39 is 0 Å². The van der Waals surface area contributed by atoms with Crippen LogP contribution in [0.2, 0.25) is 0 Å². The molecular formula is C21H32IN5O. The largest absolute Gasteiger partial charge is 0.490 e. The van der Waals surface area contributed by atoms with Gasteiger partial charge in [0.25, 0.3) is 0 Å². The Morgan fingerprint density at radius 2 is 2.00 bits per heavy atom. The lowest BCUT2D eigenvalue weighted by atomic mass is 9.96. The fourth-order valence-electron chi connectivity index (χ4n) is 3.17. The van der Waals surface area contributed by atoms with E-state index in [2.05, 4.69) is 35.6 Å². The van der Waals surface area contributed by atoms with Gasteiger partial charge in [0.05, 0.1) is 18.3 Å². The van der Waals surface area contributed by atoms with E-state index in [1.54, 1.807) is 0 Å². The molecule has 0 bridgehead atoms. The highest BCUT2D eigenvalue weighted by atomic mass is 127. The van der Waals surface area contributed by atoms with E-state index in [9.17, 15) is 0 Å². The number of rotatable bonds is 7. The van der Waals surface area contributed by atoms with Crippen LogP contribution in [0.5, 0.6) is 5.75 Å². The van der Waals surface area contributed by atoms with Crippen LogP contribution in [0.3, 0.4) is 0 Å². The molecule has 0 spiro atoms. The van der Waals surface area contributed by atoms with Crippen LogP contribution in [0.25, 0.3) is 0 Å². The highest BCUT2D eigenvalue weighted by Crippen LogP contribution is 2.27. The SMILES string of the molecule is CCNC(=NCc1ccccc1OC1CCC1)NCc1c(C)nn(C)c1C.I. The normalized spacial score (nSPS) is 14.2. The predicted molar refractivity (Wildman–Crippen MR) is 124 cm³/mol. The van der Waals surface area contributed by atoms with Gasteiger partial charge in [-0.15, -0.1) is 24.0 Å². The molecule has 6 nitrogen and oxygen atoms in total. The van der Waals surface area contributed by atoms with E-state index in [4.69, 9.17) is 9.73 Å². The molecule has 154 valence electrons. The molecule has 3 rings (SSSR count). The van der Waals surface area contributed by atoms with Gasteiger partial charge in [-0.05, 0) is 46.1 Å². The van der Waals surface area contributed by atoms with Gasteiger partial charge in [0.1, 0.15) is 5.75 Å². The first-order valence-corrected chi connectivity index (χ1v) is 9.84. The van der Waals surface area contributed by atoms with E-state index in [0.717, 1.165) is 42.4 Å². The van der Waals surface area contributed by atoms with Crippen molar-refractivity contribution in [1.82, 2.24) is 20.4 Å². The Morgan fingerprint density at radius 1 is 1.25 bits per heavy atom. The fourth-order valence-corrected chi connectivity index (χ4v) is 3.17. The second-order valence-electron chi connectivity index (χ2n) is 7.10. The molecule has 1 heterocycles. The molecule has 0 unspecified atom stereocenters. The number of hydrogen-bond acceptors (Lipinski definition) is 3. The molecule has 1 aliphatic rings. The smallest absolute Gasteiger partial charge is 0.191 e. The van der Waals surface area contributed by atoms with Crippen molar-refractivity contribution < 1.29 is 4.74 Å². The number of aromatic nitrogens is 2. The first kappa shape index (κ1) is 22.5. The molecule has 1 fully saturated rings. The van der Waals surface area contributed by atoms with Crippen molar-refractivity contribution in [2.75, 3.05) is 6.54 Å². The van der Waals surface area contributed by atoms with Gasteiger partial charge in [-0.3, -0.25) is 4.68 Å². The summed E-state index contributed by atoms with van der Waals surface area (Å²) < 4.78 is 8.04. The van der Waals surface area contributed by atoms with Gasteiger partial charge < -0.3 is 15.4 Å². The Labute approximate surface area is 185 Å². The van der Waals surface area contributed by atoms with E-state index in [1.165, 1.54) is 17.7 Å². The second kappa shape index (κ2) is 10.7. The van der Waals surface area contributed by atoms with Crippen LogP contribution in [0.4, 0.5) is 0 Å². The first-order chi connectivity index (χ1) is 13.1. The van der Waals surface area contributed by atoms with Crippen molar-refractivity contribution in [2.24, 2.45) is 12.0 Å². The van der Waals surface area contributed by atoms with Crippen LogP contribution < -0.4 is 15.4 Å². The average molecular weight is 497 g/mol. The minimum atomic E-state index is 0. The third kappa shape index (κ3) is 5.62. The number of benzene rings is 1. The zero-order valence-corrected chi connectivity index (χ0v) is 19.6. The summed E-state index contributed by atoms with van der Waals surface area (Å²) in [5, 5.41) is 11.2. The number of nitrogens with one attached hydrogen (secondary N) is 2. The molecule has 0 aliphatic heterocycles. The highest BCUT2D eigenvalue weighted by molar-refractivity contribution is 14.0. The Balaban J connectivity index is 0.00000280. The number of hydrogen-bond donors (Lipinski definition) is 2. The molecule has 1 aromatic carbocycles. The fraction of sp³-hybridized carbons (Fsp3) is 0.524. The van der Waals surface area contributed by atoms with Gasteiger partial charge in [0.2, 0.25) is 0 Å². The molecule has 0 atom stereocenters. The maximum atomic E-state index is 6.12. The maximum Gasteiger partial charge on any atom is 0.191 e. The van der Waals surface area contributed by atoms with Crippen molar-refractivity contribution >= 4 is 29.9 Å². The van der Waals surface area contributed by atoms with Gasteiger partial charge in [0, 0.05) is 37.0 Å². The summed E-state index contributed by atoms with van der Waals surface area (Å²) in [4.78, 5) is 4.76. The predicted octanol–water partition coefficient (Wildman–Crippen LogP) is 3.84. The minimum Gasteiger partial charge on any atom is -0.490 e. The molecule has 28 heavy (non-hydrogen) atoms. The molecule has 0 saturated heterocycles. The lowest BCUT2D eigenvalue weighted by Gasteiger charge is -2.27. The summed E-state index contributed by atoms with van der Waals surface area (Å²) >= 11 is 0. The number of aryl methyl sites for hydroxylation is 2. The van der Waals surface area contributed by atoms with Crippen molar-refractivity contribution in [1.29, 1.82) is 0 Å². The number of nitrogens with zero attached hydrogens (tertiary/aromatic N) is 3. The molecule has 7 heteroatoms. The standard InChI is InChI=1S/C21H31N5O.HI/c1-5-22-21(24-14-19-15(2)25-26(4)16(19)3)23-13-17-9-6-7-12-20(17)27-18-10-8-11-18;/h6-7,9,12,18H,5,8,10-11,13-14H2,1-4H3,(H2,22,23,24);1H. The number of halogens is 1. The summed E-state index contributed by atoms with van der Waals surface area (Å²) in [5.74, 6) is 1.76. The molecule has 1 aliphatic carbocycles. The molecule has 2 N–H and O–H groups in total. The van der Waals surface area contributed by atoms with Gasteiger partial charge in [-0.2, -0.15) is 5.10 Å². The molecular weight excluding hydrogens is 465 g/mol. The van der Waals surface area contributed by atoms with Crippen molar-refractivity contribution in [2.45, 2.75) is 59.2 Å². The highest BCUT2D eigenvalue weighted by Gasteiger charge is 2.20. The Morgan fingerprint density at radius 3 is 2.61 bits per heavy atom. The third-order valence-corrected chi connectivity index (χ3v) is 5.16. The van der Waals surface area contributed by atoms with Gasteiger partial charge in [-0.25, -0.2) is 4.99 Å². The van der Waals surface area contributed by atoms with Crippen LogP contribution in [-0.2, 0) is 20.1 Å². The zero-order chi connectivity index (χ0) is 19.2. The lowest BCUT2D eigenvalue weighted by Crippen LogP contribution is -2.37. The summed E-state index contributed by atoms with van der Waals surface area (Å²) in [5.41, 5.74) is 4.57. The van der Waals surface area contributed by atoms with Gasteiger partial charge >= 0.3 is 0 Å². The number of ether oxygens (including phenoxy) is 1. The maximum absolute atomic E-state index is 6.12. The third-order valence-electron chi connectivity index (χ3n) is 5.16. The first-order valence-electron chi connectivity index (χ1n) is 9.84. The van der Waals surface area contributed by atoms with E-state index in [1.807, 2.05) is 36.9 Å². The topological polar surface area (TPSA) is 63.5 Å². The van der Waals surface area contributed by atoms with Gasteiger partial charge in [-0.1, -0.05) is 18.2 Å².